The van der Waals surface area contributed by atoms with Gasteiger partial charge in [0.05, 0.1) is 27.1 Å². The van der Waals surface area contributed by atoms with Gasteiger partial charge in [-0.1, -0.05) is 55.8 Å². The molecule has 3 atom stereocenters. The van der Waals surface area contributed by atoms with E-state index in [2.05, 4.69) is 62.5 Å². The lowest BCUT2D eigenvalue weighted by atomic mass is 9.64. The Morgan fingerprint density at radius 2 is 1.71 bits per heavy atom. The fraction of sp³-hybridized carbons (Fsp3) is 0.286. The van der Waals surface area contributed by atoms with Gasteiger partial charge in [-0.25, -0.2) is 9.97 Å². The molecular weight excluding hydrogens is 526 g/mol. The van der Waals surface area contributed by atoms with Crippen molar-refractivity contribution in [3.63, 3.8) is 0 Å². The van der Waals surface area contributed by atoms with Gasteiger partial charge in [0, 0.05) is 32.5 Å². The second-order valence-corrected chi connectivity index (χ2v) is 13.4. The molecule has 1 aliphatic carbocycles. The van der Waals surface area contributed by atoms with Crippen molar-refractivity contribution in [2.24, 2.45) is 11.8 Å². The summed E-state index contributed by atoms with van der Waals surface area (Å²) in [6.45, 7) is 6.86. The van der Waals surface area contributed by atoms with Gasteiger partial charge in [-0.2, -0.15) is 0 Å². The first kappa shape index (κ1) is 24.7. The topological polar surface area (TPSA) is 64.1 Å². The summed E-state index contributed by atoms with van der Waals surface area (Å²) >= 11 is 1.58. The predicted molar refractivity (Wildman–Crippen MR) is 168 cm³/mol. The second-order valence-electron chi connectivity index (χ2n) is 12.4. The number of nitrogens with zero attached hydrogens (tertiary/aromatic N) is 2. The SMILES string of the molecule is C[C@H]1CC[C@H]2[C@H](C1)c1c(c3ccccc3c3nc4ccc(C(=O)Nc5cc6ccccc6s5)cc4nc13)OC2(C)C. The van der Waals surface area contributed by atoms with Gasteiger partial charge in [0.1, 0.15) is 11.4 Å². The van der Waals surface area contributed by atoms with E-state index in [4.69, 9.17) is 14.7 Å². The van der Waals surface area contributed by atoms with Crippen molar-refractivity contribution >= 4 is 65.2 Å². The number of amides is 1. The lowest BCUT2D eigenvalue weighted by molar-refractivity contribution is -0.0115. The molecule has 1 aliphatic heterocycles. The lowest BCUT2D eigenvalue weighted by Crippen LogP contribution is -2.46. The summed E-state index contributed by atoms with van der Waals surface area (Å²) in [5.74, 6) is 2.24. The van der Waals surface area contributed by atoms with E-state index in [9.17, 15) is 4.79 Å². The van der Waals surface area contributed by atoms with Crippen LogP contribution in [-0.2, 0) is 0 Å². The smallest absolute Gasteiger partial charge is 0.256 e. The van der Waals surface area contributed by atoms with E-state index >= 15 is 0 Å². The van der Waals surface area contributed by atoms with Crippen LogP contribution in [0.15, 0.2) is 72.8 Å². The van der Waals surface area contributed by atoms with Gasteiger partial charge in [-0.3, -0.25) is 4.79 Å². The van der Waals surface area contributed by atoms with Crippen LogP contribution in [0.25, 0.3) is 42.9 Å². The second kappa shape index (κ2) is 8.98. The Labute approximate surface area is 242 Å². The van der Waals surface area contributed by atoms with Gasteiger partial charge >= 0.3 is 0 Å². The summed E-state index contributed by atoms with van der Waals surface area (Å²) in [6, 6.07) is 24.2. The van der Waals surface area contributed by atoms with Crippen molar-refractivity contribution in [3.8, 4) is 5.75 Å². The molecule has 1 fully saturated rings. The normalized spacial score (nSPS) is 21.5. The lowest BCUT2D eigenvalue weighted by Gasteiger charge is -2.49. The Morgan fingerprint density at radius 1 is 0.927 bits per heavy atom. The van der Waals surface area contributed by atoms with Crippen molar-refractivity contribution < 1.29 is 9.53 Å². The molecular formula is C35H31N3O2S. The van der Waals surface area contributed by atoms with Crippen LogP contribution in [0.4, 0.5) is 5.00 Å². The zero-order valence-electron chi connectivity index (χ0n) is 23.4. The number of carbonyl (C=O) groups excluding carboxylic acids is 1. The third-order valence-corrected chi connectivity index (χ3v) is 10.3. The monoisotopic (exact) mass is 557 g/mol. The molecule has 0 unspecified atom stereocenters. The van der Waals surface area contributed by atoms with Crippen molar-refractivity contribution in [2.75, 3.05) is 5.32 Å². The molecule has 1 N–H and O–H groups in total. The van der Waals surface area contributed by atoms with Crippen molar-refractivity contribution in [2.45, 2.75) is 51.6 Å². The Morgan fingerprint density at radius 3 is 2.56 bits per heavy atom. The van der Waals surface area contributed by atoms with Crippen LogP contribution in [0.1, 0.15) is 61.9 Å². The molecule has 2 aliphatic rings. The molecule has 6 aromatic rings. The minimum absolute atomic E-state index is 0.146. The molecule has 8 rings (SSSR count). The van der Waals surface area contributed by atoms with E-state index in [1.165, 1.54) is 12.0 Å². The fourth-order valence-electron chi connectivity index (χ4n) is 7.26. The van der Waals surface area contributed by atoms with Crippen LogP contribution in [0, 0.1) is 11.8 Å². The van der Waals surface area contributed by atoms with E-state index in [1.807, 2.05) is 36.4 Å². The third kappa shape index (κ3) is 3.91. The van der Waals surface area contributed by atoms with Crippen molar-refractivity contribution in [3.05, 3.63) is 83.9 Å². The first-order chi connectivity index (χ1) is 19.9. The van der Waals surface area contributed by atoms with Crippen LogP contribution in [-0.4, -0.2) is 21.5 Å². The number of anilines is 1. The van der Waals surface area contributed by atoms with Crippen LogP contribution in [0.5, 0.6) is 5.75 Å². The summed E-state index contributed by atoms with van der Waals surface area (Å²) in [4.78, 5) is 23.8. The Bertz CT molecular complexity index is 1990. The molecule has 5 nitrogen and oxygen atoms in total. The Balaban J connectivity index is 1.29. The molecule has 204 valence electrons. The number of benzene rings is 4. The maximum absolute atomic E-state index is 13.3. The first-order valence-corrected chi connectivity index (χ1v) is 15.3. The number of nitrogens with one attached hydrogen (secondary N) is 1. The van der Waals surface area contributed by atoms with Crippen LogP contribution >= 0.6 is 11.3 Å². The molecule has 0 spiro atoms. The van der Waals surface area contributed by atoms with Crippen LogP contribution < -0.4 is 10.1 Å². The highest BCUT2D eigenvalue weighted by molar-refractivity contribution is 7.23. The minimum atomic E-state index is -0.254. The maximum Gasteiger partial charge on any atom is 0.256 e. The number of hydrogen-bond donors (Lipinski definition) is 1. The summed E-state index contributed by atoms with van der Waals surface area (Å²) in [7, 11) is 0. The fourth-order valence-corrected chi connectivity index (χ4v) is 8.22. The van der Waals surface area contributed by atoms with E-state index in [-0.39, 0.29) is 11.5 Å². The third-order valence-electron chi connectivity index (χ3n) is 9.26. The standard InChI is InChI=1S/C35H31N3O2S/c1-19-12-14-25-24(16-19)30-32-31(22-9-5-6-10-23(22)33(30)40-35(25,2)3)36-26-15-13-21(17-27(26)37-32)34(39)38-29-18-20-8-4-7-11-28(20)41-29/h4-11,13,15,17-19,24-25H,12,14,16H2,1-3H3,(H,38,39)/t19-,24-,25-/m0/s1. The largest absolute Gasteiger partial charge is 0.487 e. The van der Waals surface area contributed by atoms with Crippen LogP contribution in [0.3, 0.4) is 0 Å². The van der Waals surface area contributed by atoms with Gasteiger partial charge in [-0.15, -0.1) is 11.3 Å². The van der Waals surface area contributed by atoms with E-state index in [0.717, 1.165) is 66.5 Å². The number of aromatic nitrogens is 2. The molecule has 0 bridgehead atoms. The molecule has 4 aromatic carbocycles. The number of fused-ring (bicyclic) bond motifs is 10. The van der Waals surface area contributed by atoms with Crippen molar-refractivity contribution in [1.29, 1.82) is 0 Å². The van der Waals surface area contributed by atoms with Gasteiger partial charge in [0.2, 0.25) is 0 Å². The first-order valence-electron chi connectivity index (χ1n) is 14.5. The summed E-state index contributed by atoms with van der Waals surface area (Å²) in [5.41, 5.74) is 4.85. The van der Waals surface area contributed by atoms with Gasteiger partial charge in [0.25, 0.3) is 5.91 Å². The molecule has 0 radical (unpaired) electrons. The molecule has 2 aromatic heterocycles. The van der Waals surface area contributed by atoms with Gasteiger partial charge in [-0.05, 0) is 74.2 Å². The Hall–Kier alpha value is -4.03. The molecule has 0 saturated heterocycles. The Kier molecular flexibility index (Phi) is 5.42. The summed E-state index contributed by atoms with van der Waals surface area (Å²) in [6.07, 6.45) is 3.49. The molecule has 6 heteroatoms. The predicted octanol–water partition coefficient (Wildman–Crippen LogP) is 9.09. The quantitative estimate of drug-likeness (QED) is 0.170. The highest BCUT2D eigenvalue weighted by Crippen LogP contribution is 2.56. The molecule has 3 heterocycles. The molecule has 41 heavy (non-hydrogen) atoms. The average molecular weight is 558 g/mol. The van der Waals surface area contributed by atoms with Crippen LogP contribution in [0.2, 0.25) is 0 Å². The van der Waals surface area contributed by atoms with Gasteiger partial charge < -0.3 is 10.1 Å². The molecule has 1 amide bonds. The van der Waals surface area contributed by atoms with E-state index < -0.39 is 0 Å². The number of thiophene rings is 1. The summed E-state index contributed by atoms with van der Waals surface area (Å²) < 4.78 is 8.03. The van der Waals surface area contributed by atoms with Gasteiger partial charge in [0.15, 0.2) is 0 Å². The zero-order chi connectivity index (χ0) is 27.9. The average Bonchev–Trinajstić information content (AvgIpc) is 3.38. The summed E-state index contributed by atoms with van der Waals surface area (Å²) in [5, 5.41) is 7.20. The highest BCUT2D eigenvalue weighted by atomic mass is 32.1. The van der Waals surface area contributed by atoms with E-state index in [1.54, 1.807) is 11.3 Å². The number of carbonyl (C=O) groups is 1. The minimum Gasteiger partial charge on any atom is -0.487 e. The molecule has 1 saturated carbocycles. The number of rotatable bonds is 2. The maximum atomic E-state index is 13.3. The zero-order valence-corrected chi connectivity index (χ0v) is 24.2. The number of ether oxygens (including phenoxy) is 1. The van der Waals surface area contributed by atoms with Crippen molar-refractivity contribution in [1.82, 2.24) is 9.97 Å². The number of hydrogen-bond acceptors (Lipinski definition) is 5. The van der Waals surface area contributed by atoms with E-state index in [0.29, 0.717) is 23.3 Å². The highest BCUT2D eigenvalue weighted by Gasteiger charge is 2.47.